The van der Waals surface area contributed by atoms with Gasteiger partial charge in [-0.25, -0.2) is 0 Å². The van der Waals surface area contributed by atoms with Crippen LogP contribution in [-0.4, -0.2) is 50.2 Å². The number of ether oxygens (including phenoxy) is 1. The number of rotatable bonds is 5. The van der Waals surface area contributed by atoms with Gasteiger partial charge in [-0.2, -0.15) is 0 Å². The number of hydrogen-bond donors (Lipinski definition) is 1. The quantitative estimate of drug-likeness (QED) is 0.846. The maximum Gasteiger partial charge on any atom is 0.261 e. The minimum absolute atomic E-state index is 0.106. The second kappa shape index (κ2) is 7.57. The van der Waals surface area contributed by atoms with Crippen LogP contribution in [0.4, 0.5) is 0 Å². The van der Waals surface area contributed by atoms with Gasteiger partial charge in [0.05, 0.1) is 18.1 Å². The molecule has 1 amide bonds. The first-order valence-electron chi connectivity index (χ1n) is 8.42. The number of hydrogen-bond acceptors (Lipinski definition) is 4. The zero-order chi connectivity index (χ0) is 15.4. The Bertz CT molecular complexity index is 509. The van der Waals surface area contributed by atoms with Gasteiger partial charge in [0.2, 0.25) is 0 Å². The van der Waals surface area contributed by atoms with E-state index in [9.17, 15) is 4.79 Å². The summed E-state index contributed by atoms with van der Waals surface area (Å²) in [4.78, 5) is 17.0. The summed E-state index contributed by atoms with van der Waals surface area (Å²) in [6, 6.07) is 2.12. The van der Waals surface area contributed by atoms with Gasteiger partial charge in [-0.05, 0) is 49.8 Å². The lowest BCUT2D eigenvalue weighted by molar-refractivity contribution is 0.0374. The van der Waals surface area contributed by atoms with Gasteiger partial charge < -0.3 is 10.1 Å². The van der Waals surface area contributed by atoms with E-state index >= 15 is 0 Å². The van der Waals surface area contributed by atoms with Crippen molar-refractivity contribution >= 4 is 17.2 Å². The second-order valence-electron chi connectivity index (χ2n) is 6.47. The van der Waals surface area contributed by atoms with Gasteiger partial charge in [0.15, 0.2) is 0 Å². The Morgan fingerprint density at radius 3 is 3.09 bits per heavy atom. The van der Waals surface area contributed by atoms with Gasteiger partial charge >= 0.3 is 0 Å². The van der Waals surface area contributed by atoms with E-state index in [0.29, 0.717) is 0 Å². The van der Waals surface area contributed by atoms with Crippen molar-refractivity contribution in [3.8, 4) is 0 Å². The maximum absolute atomic E-state index is 12.3. The largest absolute Gasteiger partial charge is 0.379 e. The molecule has 0 spiro atoms. The lowest BCUT2D eigenvalue weighted by Crippen LogP contribution is -2.38. The minimum Gasteiger partial charge on any atom is -0.379 e. The lowest BCUT2D eigenvalue weighted by atomic mass is 9.90. The number of carbonyl (C=O) groups excluding carboxylic acids is 1. The molecule has 0 bridgehead atoms. The number of nitrogens with zero attached hydrogens (tertiary/aromatic N) is 1. The van der Waals surface area contributed by atoms with Gasteiger partial charge in [-0.15, -0.1) is 11.3 Å². The van der Waals surface area contributed by atoms with Crippen molar-refractivity contribution in [2.75, 3.05) is 39.4 Å². The van der Waals surface area contributed by atoms with Crippen LogP contribution < -0.4 is 5.32 Å². The number of thiophene rings is 1. The Hall–Kier alpha value is -0.910. The first-order chi connectivity index (χ1) is 10.7. The van der Waals surface area contributed by atoms with Crippen LogP contribution in [0.3, 0.4) is 0 Å². The topological polar surface area (TPSA) is 41.6 Å². The van der Waals surface area contributed by atoms with E-state index in [-0.39, 0.29) is 5.91 Å². The average molecular weight is 322 g/mol. The summed E-state index contributed by atoms with van der Waals surface area (Å²) in [6.45, 7) is 7.81. The molecule has 122 valence electrons. The van der Waals surface area contributed by atoms with Gasteiger partial charge in [0.1, 0.15) is 0 Å². The fourth-order valence-corrected chi connectivity index (χ4v) is 4.36. The Labute approximate surface area is 136 Å². The molecule has 1 aliphatic carbocycles. The molecule has 4 nitrogen and oxygen atoms in total. The van der Waals surface area contributed by atoms with Crippen molar-refractivity contribution in [2.24, 2.45) is 5.92 Å². The molecule has 0 unspecified atom stereocenters. The monoisotopic (exact) mass is 322 g/mol. The molecule has 2 heterocycles. The summed E-state index contributed by atoms with van der Waals surface area (Å²) in [5.41, 5.74) is 1.40. The predicted octanol–water partition coefficient (Wildman–Crippen LogP) is 2.33. The van der Waals surface area contributed by atoms with Gasteiger partial charge in [0.25, 0.3) is 5.91 Å². The molecular weight excluding hydrogens is 296 g/mol. The third-order valence-electron chi connectivity index (χ3n) is 4.59. The predicted molar refractivity (Wildman–Crippen MR) is 89.7 cm³/mol. The molecule has 1 fully saturated rings. The highest BCUT2D eigenvalue weighted by Crippen LogP contribution is 2.32. The average Bonchev–Trinajstić information content (AvgIpc) is 2.95. The molecular formula is C17H26N2O2S. The first kappa shape index (κ1) is 16.0. The van der Waals surface area contributed by atoms with Gasteiger partial charge in [0, 0.05) is 24.5 Å². The van der Waals surface area contributed by atoms with Crippen molar-refractivity contribution in [1.82, 2.24) is 10.2 Å². The van der Waals surface area contributed by atoms with Crippen LogP contribution in [0.15, 0.2) is 6.07 Å². The van der Waals surface area contributed by atoms with Crippen molar-refractivity contribution in [2.45, 2.75) is 32.6 Å². The molecule has 0 saturated carbocycles. The standard InChI is InChI=1S/C17H26N2O2S/c1-13-3-4-15-14(11-13)12-16(22-15)17(20)18-5-2-6-19-7-9-21-10-8-19/h12-13H,2-11H2,1H3,(H,18,20)/t13-/m0/s1. The summed E-state index contributed by atoms with van der Waals surface area (Å²) in [5.74, 6) is 0.862. The van der Waals surface area contributed by atoms with Crippen molar-refractivity contribution in [3.05, 3.63) is 21.4 Å². The molecule has 1 aromatic heterocycles. The third kappa shape index (κ3) is 4.09. The third-order valence-corrected chi connectivity index (χ3v) is 5.83. The lowest BCUT2D eigenvalue weighted by Gasteiger charge is -2.26. The van der Waals surface area contributed by atoms with Crippen LogP contribution >= 0.6 is 11.3 Å². The molecule has 5 heteroatoms. The van der Waals surface area contributed by atoms with E-state index in [4.69, 9.17) is 4.74 Å². The van der Waals surface area contributed by atoms with E-state index in [1.165, 1.54) is 16.9 Å². The molecule has 22 heavy (non-hydrogen) atoms. The molecule has 1 saturated heterocycles. The number of aryl methyl sites for hydroxylation is 1. The SMILES string of the molecule is C[C@H]1CCc2sc(C(=O)NCCCN3CCOCC3)cc2C1. The summed E-state index contributed by atoms with van der Waals surface area (Å²) >= 11 is 1.69. The van der Waals surface area contributed by atoms with E-state index < -0.39 is 0 Å². The minimum atomic E-state index is 0.106. The Morgan fingerprint density at radius 2 is 2.27 bits per heavy atom. The molecule has 1 aliphatic heterocycles. The first-order valence-corrected chi connectivity index (χ1v) is 9.24. The zero-order valence-electron chi connectivity index (χ0n) is 13.4. The fourth-order valence-electron chi connectivity index (χ4n) is 3.23. The van der Waals surface area contributed by atoms with E-state index in [1.54, 1.807) is 11.3 Å². The van der Waals surface area contributed by atoms with Crippen molar-refractivity contribution < 1.29 is 9.53 Å². The van der Waals surface area contributed by atoms with Crippen LogP contribution in [0.2, 0.25) is 0 Å². The van der Waals surface area contributed by atoms with Crippen molar-refractivity contribution in [3.63, 3.8) is 0 Å². The normalized spacial score (nSPS) is 22.3. The maximum atomic E-state index is 12.3. The molecule has 0 radical (unpaired) electrons. The number of amides is 1. The van der Waals surface area contributed by atoms with Crippen LogP contribution in [0.1, 0.15) is 39.9 Å². The molecule has 2 aliphatic rings. The summed E-state index contributed by atoms with van der Waals surface area (Å²) in [6.07, 6.45) is 4.55. The highest BCUT2D eigenvalue weighted by Gasteiger charge is 2.20. The van der Waals surface area contributed by atoms with Gasteiger partial charge in [-0.1, -0.05) is 6.92 Å². The molecule has 3 rings (SSSR count). The number of nitrogens with one attached hydrogen (secondary N) is 1. The van der Waals surface area contributed by atoms with Gasteiger partial charge in [-0.3, -0.25) is 9.69 Å². The highest BCUT2D eigenvalue weighted by molar-refractivity contribution is 7.14. The fraction of sp³-hybridized carbons (Fsp3) is 0.706. The number of carbonyl (C=O) groups is 1. The Morgan fingerprint density at radius 1 is 1.45 bits per heavy atom. The van der Waals surface area contributed by atoms with E-state index in [1.807, 2.05) is 0 Å². The summed E-state index contributed by atoms with van der Waals surface area (Å²) < 4.78 is 5.34. The Balaban J connectivity index is 1.42. The van der Waals surface area contributed by atoms with Crippen LogP contribution in [-0.2, 0) is 17.6 Å². The van der Waals surface area contributed by atoms with E-state index in [0.717, 1.165) is 69.5 Å². The molecule has 1 N–H and O–H groups in total. The number of fused-ring (bicyclic) bond motifs is 1. The molecule has 0 aromatic carbocycles. The van der Waals surface area contributed by atoms with Crippen molar-refractivity contribution in [1.29, 1.82) is 0 Å². The van der Waals surface area contributed by atoms with Crippen LogP contribution in [0.25, 0.3) is 0 Å². The number of morpholine rings is 1. The Kier molecular flexibility index (Phi) is 5.50. The van der Waals surface area contributed by atoms with Crippen LogP contribution in [0.5, 0.6) is 0 Å². The molecule has 1 aromatic rings. The summed E-state index contributed by atoms with van der Waals surface area (Å²) in [7, 11) is 0. The van der Waals surface area contributed by atoms with Crippen LogP contribution in [0, 0.1) is 5.92 Å². The highest BCUT2D eigenvalue weighted by atomic mass is 32.1. The second-order valence-corrected chi connectivity index (χ2v) is 7.61. The van der Waals surface area contributed by atoms with E-state index in [2.05, 4.69) is 23.2 Å². The zero-order valence-corrected chi connectivity index (χ0v) is 14.2. The molecule has 1 atom stereocenters. The smallest absolute Gasteiger partial charge is 0.261 e. The summed E-state index contributed by atoms with van der Waals surface area (Å²) in [5, 5.41) is 3.07.